The summed E-state index contributed by atoms with van der Waals surface area (Å²) in [6, 6.07) is 6.64. The van der Waals surface area contributed by atoms with Crippen LogP contribution in [0.5, 0.6) is 11.5 Å². The molecular weight excluding hydrogens is 303 g/mol. The second-order valence-electron chi connectivity index (χ2n) is 4.83. The van der Waals surface area contributed by atoms with Crippen LogP contribution in [0, 0.1) is 0 Å². The van der Waals surface area contributed by atoms with Gasteiger partial charge in [-0.25, -0.2) is 0 Å². The summed E-state index contributed by atoms with van der Waals surface area (Å²) in [5.41, 5.74) is 1.03. The van der Waals surface area contributed by atoms with Crippen molar-refractivity contribution in [2.45, 2.75) is 27.2 Å². The van der Waals surface area contributed by atoms with Crippen molar-refractivity contribution in [1.29, 1.82) is 0 Å². The Hall–Kier alpha value is -1.55. The molecule has 0 saturated heterocycles. The molecule has 0 aliphatic carbocycles. The van der Waals surface area contributed by atoms with E-state index in [0.717, 1.165) is 12.0 Å². The zero-order chi connectivity index (χ0) is 16.3. The highest BCUT2D eigenvalue weighted by Gasteiger charge is 2.32. The third kappa shape index (κ3) is 2.98. The van der Waals surface area contributed by atoms with E-state index in [4.69, 9.17) is 9.05 Å². The van der Waals surface area contributed by atoms with Crippen LogP contribution in [0.4, 0.5) is 0 Å². The van der Waals surface area contributed by atoms with Gasteiger partial charge in [0.1, 0.15) is 16.8 Å². The minimum absolute atomic E-state index is 0.00884. The first-order valence-electron chi connectivity index (χ1n) is 7.34. The van der Waals surface area contributed by atoms with Gasteiger partial charge in [0.05, 0.1) is 13.2 Å². The van der Waals surface area contributed by atoms with E-state index in [1.165, 1.54) is 6.07 Å². The van der Waals surface area contributed by atoms with Crippen molar-refractivity contribution in [2.24, 2.45) is 0 Å². The van der Waals surface area contributed by atoms with Gasteiger partial charge in [0.15, 0.2) is 0 Å². The fourth-order valence-electron chi connectivity index (χ4n) is 2.37. The molecule has 0 aliphatic rings. The molecule has 0 aromatic heterocycles. The summed E-state index contributed by atoms with van der Waals surface area (Å²) in [6.45, 7) is 5.73. The van der Waals surface area contributed by atoms with Crippen molar-refractivity contribution < 1.29 is 23.8 Å². The molecule has 0 amide bonds. The van der Waals surface area contributed by atoms with Crippen LogP contribution in [0.25, 0.3) is 10.8 Å². The van der Waals surface area contributed by atoms with Crippen LogP contribution in [0.15, 0.2) is 24.3 Å². The lowest BCUT2D eigenvalue weighted by Gasteiger charge is -2.19. The molecule has 0 saturated carbocycles. The smallest absolute Gasteiger partial charge is 0.365 e. The quantitative estimate of drug-likeness (QED) is 0.626. The second-order valence-corrected chi connectivity index (χ2v) is 6.82. The summed E-state index contributed by atoms with van der Waals surface area (Å²) in [6.07, 6.45) is 0.814. The maximum absolute atomic E-state index is 12.8. The number of aromatic hydroxyl groups is 2. The summed E-state index contributed by atoms with van der Waals surface area (Å²) < 4.78 is 23.3. The van der Waals surface area contributed by atoms with Gasteiger partial charge < -0.3 is 19.3 Å². The zero-order valence-corrected chi connectivity index (χ0v) is 13.9. The van der Waals surface area contributed by atoms with Gasteiger partial charge in [-0.15, -0.1) is 0 Å². The monoisotopic (exact) mass is 324 g/mol. The number of phenolic OH excluding ortho intramolecular Hbond substituents is 2. The highest BCUT2D eigenvalue weighted by molar-refractivity contribution is 7.62. The predicted molar refractivity (Wildman–Crippen MR) is 87.1 cm³/mol. The Kier molecular flexibility index (Phi) is 5.12. The molecule has 5 nitrogen and oxygen atoms in total. The SMILES string of the molecule is CCOP(=O)(OCC)c1cc(O)c2cc(CC)ccc2c1O. The lowest BCUT2D eigenvalue weighted by atomic mass is 10.0. The molecule has 0 aliphatic heterocycles. The molecule has 2 aromatic rings. The minimum atomic E-state index is -3.67. The predicted octanol–water partition coefficient (Wildman–Crippen LogP) is 3.70. The topological polar surface area (TPSA) is 76.0 Å². The molecule has 0 spiro atoms. The molecule has 0 heterocycles. The van der Waals surface area contributed by atoms with E-state index < -0.39 is 7.60 Å². The Morgan fingerprint density at radius 2 is 1.64 bits per heavy atom. The van der Waals surface area contributed by atoms with E-state index >= 15 is 0 Å². The molecule has 0 unspecified atom stereocenters. The van der Waals surface area contributed by atoms with Crippen molar-refractivity contribution >= 4 is 23.7 Å². The van der Waals surface area contributed by atoms with Gasteiger partial charge in [-0.3, -0.25) is 4.57 Å². The summed E-state index contributed by atoms with van der Waals surface area (Å²) in [7, 11) is -3.67. The molecule has 2 rings (SSSR count). The molecule has 0 fully saturated rings. The molecule has 0 radical (unpaired) electrons. The molecular formula is C16H21O5P. The summed E-state index contributed by atoms with van der Waals surface area (Å²) >= 11 is 0. The number of hydrogen-bond donors (Lipinski definition) is 2. The number of aryl methyl sites for hydroxylation is 1. The number of fused-ring (bicyclic) bond motifs is 1. The molecule has 0 bridgehead atoms. The molecule has 22 heavy (non-hydrogen) atoms. The van der Waals surface area contributed by atoms with Crippen molar-refractivity contribution in [1.82, 2.24) is 0 Å². The van der Waals surface area contributed by atoms with Crippen LogP contribution < -0.4 is 5.30 Å². The van der Waals surface area contributed by atoms with Gasteiger partial charge in [0, 0.05) is 10.8 Å². The van der Waals surface area contributed by atoms with Crippen LogP contribution in [0.1, 0.15) is 26.3 Å². The normalized spacial score (nSPS) is 12.0. The first kappa shape index (κ1) is 16.8. The fraction of sp³-hybridized carbons (Fsp3) is 0.375. The third-order valence-corrected chi connectivity index (χ3v) is 5.56. The maximum Gasteiger partial charge on any atom is 0.365 e. The first-order chi connectivity index (χ1) is 10.5. The number of phenols is 2. The van der Waals surface area contributed by atoms with Crippen LogP contribution in [0.3, 0.4) is 0 Å². The second kappa shape index (κ2) is 6.69. The number of rotatable bonds is 6. The molecule has 2 N–H and O–H groups in total. The average Bonchev–Trinajstić information content (AvgIpc) is 2.50. The Balaban J connectivity index is 2.70. The van der Waals surface area contributed by atoms with Gasteiger partial charge >= 0.3 is 7.60 Å². The van der Waals surface area contributed by atoms with E-state index in [1.54, 1.807) is 26.0 Å². The maximum atomic E-state index is 12.8. The Bertz CT molecular complexity index is 716. The molecule has 120 valence electrons. The van der Waals surface area contributed by atoms with Crippen molar-refractivity contribution in [3.8, 4) is 11.5 Å². The van der Waals surface area contributed by atoms with Crippen LogP contribution >= 0.6 is 7.60 Å². The Morgan fingerprint density at radius 3 is 2.18 bits per heavy atom. The van der Waals surface area contributed by atoms with Crippen molar-refractivity contribution in [2.75, 3.05) is 13.2 Å². The fourth-order valence-corrected chi connectivity index (χ4v) is 4.06. The van der Waals surface area contributed by atoms with Gasteiger partial charge in [-0.2, -0.15) is 0 Å². The summed E-state index contributed by atoms with van der Waals surface area (Å²) in [4.78, 5) is 0. The van der Waals surface area contributed by atoms with Crippen molar-refractivity contribution in [3.63, 3.8) is 0 Å². The highest BCUT2D eigenvalue weighted by Crippen LogP contribution is 2.51. The Labute approximate surface area is 130 Å². The lowest BCUT2D eigenvalue weighted by molar-refractivity contribution is 0.229. The highest BCUT2D eigenvalue weighted by atomic mass is 31.2. The number of hydrogen-bond acceptors (Lipinski definition) is 5. The van der Waals surface area contributed by atoms with Crippen LogP contribution in [-0.2, 0) is 20.0 Å². The van der Waals surface area contributed by atoms with E-state index in [2.05, 4.69) is 0 Å². The largest absolute Gasteiger partial charge is 0.507 e. The van der Waals surface area contributed by atoms with Crippen molar-refractivity contribution in [3.05, 3.63) is 29.8 Å². The number of benzene rings is 2. The van der Waals surface area contributed by atoms with Gasteiger partial charge in [-0.05, 0) is 38.0 Å². The Morgan fingerprint density at radius 1 is 1.00 bits per heavy atom. The summed E-state index contributed by atoms with van der Waals surface area (Å²) in [5, 5.41) is 21.7. The van der Waals surface area contributed by atoms with E-state index in [9.17, 15) is 14.8 Å². The summed E-state index contributed by atoms with van der Waals surface area (Å²) in [5.74, 6) is -0.238. The molecule has 0 atom stereocenters. The minimum Gasteiger partial charge on any atom is -0.507 e. The van der Waals surface area contributed by atoms with Crippen LogP contribution in [-0.4, -0.2) is 23.4 Å². The van der Waals surface area contributed by atoms with E-state index in [-0.39, 0.29) is 30.0 Å². The zero-order valence-electron chi connectivity index (χ0n) is 13.0. The van der Waals surface area contributed by atoms with E-state index in [1.807, 2.05) is 13.0 Å². The van der Waals surface area contributed by atoms with Crippen LogP contribution in [0.2, 0.25) is 0 Å². The molecule has 2 aromatic carbocycles. The van der Waals surface area contributed by atoms with Gasteiger partial charge in [0.25, 0.3) is 0 Å². The van der Waals surface area contributed by atoms with E-state index in [0.29, 0.717) is 10.8 Å². The van der Waals surface area contributed by atoms with Gasteiger partial charge in [-0.1, -0.05) is 19.1 Å². The standard InChI is InChI=1S/C16H21O5P/c1-4-11-7-8-12-13(9-11)14(17)10-15(16(12)18)22(19,20-5-2)21-6-3/h7-10,17-18H,4-6H2,1-3H3. The first-order valence-corrected chi connectivity index (χ1v) is 8.88. The van der Waals surface area contributed by atoms with Gasteiger partial charge in [0.2, 0.25) is 0 Å². The molecule has 6 heteroatoms. The lowest BCUT2D eigenvalue weighted by Crippen LogP contribution is -2.11. The average molecular weight is 324 g/mol. The third-order valence-electron chi connectivity index (χ3n) is 3.43.